The van der Waals surface area contributed by atoms with Crippen LogP contribution in [0.3, 0.4) is 0 Å². The van der Waals surface area contributed by atoms with Gasteiger partial charge in [-0.05, 0) is 6.92 Å². The van der Waals surface area contributed by atoms with Crippen LogP contribution >= 0.6 is 0 Å². The predicted octanol–water partition coefficient (Wildman–Crippen LogP) is 0.804. The molecule has 1 saturated heterocycles. The minimum Gasteiger partial charge on any atom is -0.301 e. The number of carbonyl (C=O) groups is 2. The number of nitrogens with zero attached hydrogens (tertiary/aromatic N) is 2. The Bertz CT molecular complexity index is 258. The van der Waals surface area contributed by atoms with Gasteiger partial charge in [0.1, 0.15) is 0 Å². The molecule has 1 rings (SSSR count). The number of carbonyl (C=O) groups excluding carboxylic acids is 2. The molecule has 0 aromatic carbocycles. The van der Waals surface area contributed by atoms with Crippen molar-refractivity contribution in [1.29, 1.82) is 0 Å². The molecule has 12 heavy (non-hydrogen) atoms. The van der Waals surface area contributed by atoms with Crippen LogP contribution in [0.2, 0.25) is 0 Å². The number of imide groups is 1. The second kappa shape index (κ2) is 2.97. The molecular weight excluding hydrogens is 156 g/mol. The van der Waals surface area contributed by atoms with Crippen molar-refractivity contribution < 1.29 is 9.59 Å². The molecule has 0 aliphatic carbocycles. The highest BCUT2D eigenvalue weighted by molar-refractivity contribution is 5.98. The zero-order chi connectivity index (χ0) is 9.30. The van der Waals surface area contributed by atoms with Gasteiger partial charge < -0.3 is 4.90 Å². The van der Waals surface area contributed by atoms with Crippen LogP contribution in [0.4, 0.5) is 4.79 Å². The number of amides is 3. The van der Waals surface area contributed by atoms with Gasteiger partial charge in [-0.3, -0.25) is 9.69 Å². The van der Waals surface area contributed by atoms with Crippen LogP contribution in [0.25, 0.3) is 0 Å². The van der Waals surface area contributed by atoms with Crippen LogP contribution in [0.15, 0.2) is 11.8 Å². The summed E-state index contributed by atoms with van der Waals surface area (Å²) in [7, 11) is 3.16. The summed E-state index contributed by atoms with van der Waals surface area (Å²) in [5.41, 5.74) is 0.767. The molecule has 3 amide bonds. The van der Waals surface area contributed by atoms with Gasteiger partial charge in [-0.1, -0.05) is 6.08 Å². The summed E-state index contributed by atoms with van der Waals surface area (Å²) < 4.78 is 0. The van der Waals surface area contributed by atoms with Crippen LogP contribution < -0.4 is 0 Å². The van der Waals surface area contributed by atoms with Gasteiger partial charge in [-0.25, -0.2) is 4.79 Å². The van der Waals surface area contributed by atoms with E-state index in [0.29, 0.717) is 6.42 Å². The lowest BCUT2D eigenvalue weighted by molar-refractivity contribution is -0.128. The van der Waals surface area contributed by atoms with E-state index < -0.39 is 0 Å². The molecule has 1 fully saturated rings. The zero-order valence-electron chi connectivity index (χ0n) is 7.50. The Morgan fingerprint density at radius 3 is 2.33 bits per heavy atom. The maximum absolute atomic E-state index is 11.3. The Morgan fingerprint density at radius 2 is 1.83 bits per heavy atom. The lowest BCUT2D eigenvalue weighted by atomic mass is 10.2. The molecular formula is C8H12N2O2. The standard InChI is InChI=1S/C8H12N2O2/c1-4-6-5-7(11)10(3)8(12)9(6)2/h4H,5H2,1-3H3. The Morgan fingerprint density at radius 1 is 1.25 bits per heavy atom. The fraction of sp³-hybridized carbons (Fsp3) is 0.500. The van der Waals surface area contributed by atoms with Crippen molar-refractivity contribution in [2.75, 3.05) is 14.1 Å². The Balaban J connectivity index is 2.92. The summed E-state index contributed by atoms with van der Waals surface area (Å²) in [5.74, 6) is -0.147. The Hall–Kier alpha value is -1.32. The van der Waals surface area contributed by atoms with Crippen molar-refractivity contribution in [1.82, 2.24) is 9.80 Å². The average molecular weight is 168 g/mol. The second-order valence-corrected chi connectivity index (χ2v) is 2.75. The van der Waals surface area contributed by atoms with E-state index >= 15 is 0 Å². The van der Waals surface area contributed by atoms with E-state index in [1.807, 2.05) is 6.92 Å². The molecule has 4 nitrogen and oxygen atoms in total. The van der Waals surface area contributed by atoms with Gasteiger partial charge in [0.25, 0.3) is 0 Å². The first-order chi connectivity index (χ1) is 5.57. The van der Waals surface area contributed by atoms with Crippen molar-refractivity contribution in [2.24, 2.45) is 0 Å². The highest BCUT2D eigenvalue weighted by Gasteiger charge is 2.29. The summed E-state index contributed by atoms with van der Waals surface area (Å²) in [6.07, 6.45) is 2.10. The topological polar surface area (TPSA) is 40.6 Å². The summed E-state index contributed by atoms with van der Waals surface area (Å²) in [5, 5.41) is 0. The second-order valence-electron chi connectivity index (χ2n) is 2.75. The molecule has 0 N–H and O–H groups in total. The van der Waals surface area contributed by atoms with Crippen LogP contribution in [0.5, 0.6) is 0 Å². The molecule has 0 aromatic heterocycles. The van der Waals surface area contributed by atoms with Gasteiger partial charge in [0.15, 0.2) is 0 Å². The molecule has 0 atom stereocenters. The fourth-order valence-electron chi connectivity index (χ4n) is 1.14. The van der Waals surface area contributed by atoms with Crippen LogP contribution in [-0.4, -0.2) is 35.8 Å². The highest BCUT2D eigenvalue weighted by atomic mass is 16.2. The Kier molecular flexibility index (Phi) is 2.17. The van der Waals surface area contributed by atoms with E-state index in [1.165, 1.54) is 11.9 Å². The molecule has 1 aliphatic heterocycles. The van der Waals surface area contributed by atoms with Crippen LogP contribution in [-0.2, 0) is 4.79 Å². The molecule has 0 aromatic rings. The van der Waals surface area contributed by atoms with Crippen molar-refractivity contribution in [3.8, 4) is 0 Å². The SMILES string of the molecule is CC=C1CC(=O)N(C)C(=O)N1C. The smallest absolute Gasteiger partial charge is 0.301 e. The average Bonchev–Trinajstić information content (AvgIpc) is 2.08. The number of hydrogen-bond acceptors (Lipinski definition) is 2. The van der Waals surface area contributed by atoms with Crippen molar-refractivity contribution in [3.63, 3.8) is 0 Å². The zero-order valence-corrected chi connectivity index (χ0v) is 7.50. The molecule has 4 heteroatoms. The molecule has 0 saturated carbocycles. The number of rotatable bonds is 0. The number of allylic oxidation sites excluding steroid dienone is 1. The summed E-state index contributed by atoms with van der Waals surface area (Å²) in [6.45, 7) is 1.82. The lowest BCUT2D eigenvalue weighted by Crippen LogP contribution is -2.47. The molecule has 0 bridgehead atoms. The maximum atomic E-state index is 11.3. The first-order valence-corrected chi connectivity index (χ1v) is 3.77. The summed E-state index contributed by atoms with van der Waals surface area (Å²) >= 11 is 0. The largest absolute Gasteiger partial charge is 0.330 e. The number of hydrogen-bond donors (Lipinski definition) is 0. The van der Waals surface area contributed by atoms with E-state index in [-0.39, 0.29) is 11.9 Å². The summed E-state index contributed by atoms with van der Waals surface area (Å²) in [4.78, 5) is 25.1. The molecule has 66 valence electrons. The third-order valence-electron chi connectivity index (χ3n) is 2.04. The van der Waals surface area contributed by atoms with Gasteiger partial charge in [0.2, 0.25) is 5.91 Å². The van der Waals surface area contributed by atoms with Gasteiger partial charge in [0.05, 0.1) is 6.42 Å². The molecule has 0 radical (unpaired) electrons. The first-order valence-electron chi connectivity index (χ1n) is 3.77. The third kappa shape index (κ3) is 1.20. The third-order valence-corrected chi connectivity index (χ3v) is 2.04. The van der Waals surface area contributed by atoms with E-state index in [2.05, 4.69) is 0 Å². The fourth-order valence-corrected chi connectivity index (χ4v) is 1.14. The van der Waals surface area contributed by atoms with Crippen LogP contribution in [0.1, 0.15) is 13.3 Å². The first kappa shape index (κ1) is 8.77. The van der Waals surface area contributed by atoms with E-state index in [1.54, 1.807) is 13.1 Å². The quantitative estimate of drug-likeness (QED) is 0.537. The minimum atomic E-state index is -0.264. The monoisotopic (exact) mass is 168 g/mol. The summed E-state index contributed by atoms with van der Waals surface area (Å²) in [6, 6.07) is -0.264. The minimum absolute atomic E-state index is 0.147. The molecule has 1 aliphatic rings. The molecule has 1 heterocycles. The highest BCUT2D eigenvalue weighted by Crippen LogP contribution is 2.16. The molecule has 0 spiro atoms. The molecule has 0 unspecified atom stereocenters. The van der Waals surface area contributed by atoms with Gasteiger partial charge >= 0.3 is 6.03 Å². The van der Waals surface area contributed by atoms with Crippen LogP contribution in [0, 0.1) is 0 Å². The Labute approximate surface area is 71.4 Å². The van der Waals surface area contributed by atoms with E-state index in [9.17, 15) is 9.59 Å². The maximum Gasteiger partial charge on any atom is 0.330 e. The van der Waals surface area contributed by atoms with Gasteiger partial charge in [-0.15, -0.1) is 0 Å². The lowest BCUT2D eigenvalue weighted by Gasteiger charge is -2.31. The van der Waals surface area contributed by atoms with Crippen molar-refractivity contribution >= 4 is 11.9 Å². The van der Waals surface area contributed by atoms with Crippen molar-refractivity contribution in [3.05, 3.63) is 11.8 Å². The normalized spacial score (nSPS) is 22.4. The van der Waals surface area contributed by atoms with E-state index in [4.69, 9.17) is 0 Å². The van der Waals surface area contributed by atoms with E-state index in [0.717, 1.165) is 10.6 Å². The van der Waals surface area contributed by atoms with Gasteiger partial charge in [0, 0.05) is 19.8 Å². The number of urea groups is 1. The van der Waals surface area contributed by atoms with Gasteiger partial charge in [-0.2, -0.15) is 0 Å². The predicted molar refractivity (Wildman–Crippen MR) is 44.3 cm³/mol. The van der Waals surface area contributed by atoms with Crippen molar-refractivity contribution in [2.45, 2.75) is 13.3 Å².